The number of methoxy groups -OCH3 is 1. The monoisotopic (exact) mass is 426 g/mol. The van der Waals surface area contributed by atoms with Crippen LogP contribution in [-0.4, -0.2) is 36.4 Å². The van der Waals surface area contributed by atoms with Gasteiger partial charge in [0.15, 0.2) is 11.5 Å². The van der Waals surface area contributed by atoms with Gasteiger partial charge in [0, 0.05) is 11.6 Å². The number of ether oxygens (including phenoxy) is 2. The van der Waals surface area contributed by atoms with Crippen molar-refractivity contribution < 1.29 is 23.9 Å². The van der Waals surface area contributed by atoms with Crippen molar-refractivity contribution in [1.82, 2.24) is 10.2 Å². The summed E-state index contributed by atoms with van der Waals surface area (Å²) in [6.45, 7) is 3.82. The zero-order chi connectivity index (χ0) is 21.7. The lowest BCUT2D eigenvalue weighted by molar-refractivity contribution is -0.129. The minimum atomic E-state index is -0.773. The molecule has 1 N–H and O–H groups in total. The highest BCUT2D eigenvalue weighted by Crippen LogP contribution is 2.30. The highest BCUT2D eigenvalue weighted by molar-refractivity contribution is 6.31. The molecule has 2 aromatic rings. The summed E-state index contributed by atoms with van der Waals surface area (Å²) in [5.41, 5.74) is 1.31. The van der Waals surface area contributed by atoms with E-state index >= 15 is 0 Å². The minimum Gasteiger partial charge on any atom is -0.493 e. The Morgan fingerprint density at radius 3 is 2.50 bits per heavy atom. The fourth-order valence-electron chi connectivity index (χ4n) is 2.79. The number of urea groups is 1. The van der Waals surface area contributed by atoms with E-state index in [1.165, 1.54) is 19.3 Å². The zero-order valence-electron chi connectivity index (χ0n) is 16.2. The van der Waals surface area contributed by atoms with Crippen LogP contribution in [0.15, 0.2) is 60.7 Å². The average Bonchev–Trinajstić information content (AvgIpc) is 2.74. The Balaban J connectivity index is 1.82. The molecule has 0 spiro atoms. The molecular weight excluding hydrogens is 408 g/mol. The molecule has 1 aliphatic heterocycles. The van der Waals surface area contributed by atoms with Crippen molar-refractivity contribution in [2.45, 2.75) is 6.61 Å². The quantitative estimate of drug-likeness (QED) is 0.415. The van der Waals surface area contributed by atoms with E-state index in [0.29, 0.717) is 28.7 Å². The van der Waals surface area contributed by atoms with Crippen molar-refractivity contribution in [3.05, 3.63) is 76.8 Å². The van der Waals surface area contributed by atoms with Crippen LogP contribution >= 0.6 is 11.6 Å². The number of halogens is 1. The molecule has 2 aromatic carbocycles. The van der Waals surface area contributed by atoms with E-state index in [-0.39, 0.29) is 12.1 Å². The van der Waals surface area contributed by atoms with Gasteiger partial charge in [-0.15, -0.1) is 6.58 Å². The predicted octanol–water partition coefficient (Wildman–Crippen LogP) is 3.58. The van der Waals surface area contributed by atoms with E-state index in [0.717, 1.165) is 10.5 Å². The van der Waals surface area contributed by atoms with Crippen LogP contribution in [0.4, 0.5) is 4.79 Å². The molecule has 154 valence electrons. The number of amides is 4. The average molecular weight is 427 g/mol. The van der Waals surface area contributed by atoms with Crippen molar-refractivity contribution in [2.75, 3.05) is 13.7 Å². The number of nitrogens with one attached hydrogen (secondary N) is 1. The molecule has 4 amide bonds. The number of rotatable bonds is 7. The highest BCUT2D eigenvalue weighted by Gasteiger charge is 2.34. The third-order valence-electron chi connectivity index (χ3n) is 4.30. The van der Waals surface area contributed by atoms with Crippen molar-refractivity contribution in [3.8, 4) is 11.5 Å². The van der Waals surface area contributed by atoms with E-state index in [9.17, 15) is 14.4 Å². The topological polar surface area (TPSA) is 84.9 Å². The van der Waals surface area contributed by atoms with E-state index in [1.807, 2.05) is 12.1 Å². The number of hydrogen-bond donors (Lipinski definition) is 1. The summed E-state index contributed by atoms with van der Waals surface area (Å²) in [5.74, 6) is -0.517. The van der Waals surface area contributed by atoms with E-state index in [2.05, 4.69) is 11.9 Å². The van der Waals surface area contributed by atoms with Crippen LogP contribution in [0.2, 0.25) is 5.02 Å². The summed E-state index contributed by atoms with van der Waals surface area (Å²) in [4.78, 5) is 37.4. The molecule has 8 heteroatoms. The molecule has 0 aromatic heterocycles. The Kier molecular flexibility index (Phi) is 6.54. The first-order valence-corrected chi connectivity index (χ1v) is 9.35. The Labute approximate surface area is 178 Å². The van der Waals surface area contributed by atoms with Crippen LogP contribution in [0.25, 0.3) is 6.08 Å². The van der Waals surface area contributed by atoms with Gasteiger partial charge in [-0.2, -0.15) is 0 Å². The van der Waals surface area contributed by atoms with Crippen LogP contribution < -0.4 is 14.8 Å². The SMILES string of the molecule is C=CCN1C(=O)NC(=O)C(=Cc2ccc(OCc3ccc(Cl)cc3)c(OC)c2)C1=O. The molecule has 1 fully saturated rings. The molecule has 0 aliphatic carbocycles. The first kappa shape index (κ1) is 21.1. The van der Waals surface area contributed by atoms with Gasteiger partial charge in [0.2, 0.25) is 0 Å². The second-order valence-electron chi connectivity index (χ2n) is 6.35. The normalized spacial score (nSPS) is 15.2. The van der Waals surface area contributed by atoms with Gasteiger partial charge in [-0.05, 0) is 41.5 Å². The first-order chi connectivity index (χ1) is 14.4. The van der Waals surface area contributed by atoms with Gasteiger partial charge in [-0.1, -0.05) is 35.9 Å². The van der Waals surface area contributed by atoms with Gasteiger partial charge in [-0.25, -0.2) is 4.79 Å². The number of hydrogen-bond acceptors (Lipinski definition) is 5. The van der Waals surface area contributed by atoms with Crippen molar-refractivity contribution >= 4 is 35.5 Å². The van der Waals surface area contributed by atoms with Gasteiger partial charge in [-0.3, -0.25) is 19.8 Å². The van der Waals surface area contributed by atoms with Gasteiger partial charge >= 0.3 is 6.03 Å². The van der Waals surface area contributed by atoms with Crippen LogP contribution in [0.5, 0.6) is 11.5 Å². The Morgan fingerprint density at radius 1 is 1.10 bits per heavy atom. The van der Waals surface area contributed by atoms with Crippen LogP contribution in [0, 0.1) is 0 Å². The summed E-state index contributed by atoms with van der Waals surface area (Å²) in [7, 11) is 1.49. The molecule has 0 unspecified atom stereocenters. The van der Waals surface area contributed by atoms with E-state index in [1.54, 1.807) is 30.3 Å². The number of imide groups is 2. The van der Waals surface area contributed by atoms with Crippen LogP contribution in [0.1, 0.15) is 11.1 Å². The number of nitrogens with zero attached hydrogens (tertiary/aromatic N) is 1. The van der Waals surface area contributed by atoms with Crippen LogP contribution in [-0.2, 0) is 16.2 Å². The molecule has 0 atom stereocenters. The molecular formula is C22H19ClN2O5. The number of carbonyl (C=O) groups is 3. The molecule has 1 saturated heterocycles. The summed E-state index contributed by atoms with van der Waals surface area (Å²) in [6.07, 6.45) is 2.80. The number of benzene rings is 2. The summed E-state index contributed by atoms with van der Waals surface area (Å²) >= 11 is 5.88. The maximum absolute atomic E-state index is 12.5. The van der Waals surface area contributed by atoms with Crippen LogP contribution in [0.3, 0.4) is 0 Å². The Morgan fingerprint density at radius 2 is 1.83 bits per heavy atom. The minimum absolute atomic E-state index is 0.00389. The fourth-order valence-corrected chi connectivity index (χ4v) is 2.92. The molecule has 0 radical (unpaired) electrons. The smallest absolute Gasteiger partial charge is 0.331 e. The molecule has 1 aliphatic rings. The summed E-state index contributed by atoms with van der Waals surface area (Å²) in [6, 6.07) is 11.5. The maximum Gasteiger partial charge on any atom is 0.331 e. The molecule has 1 heterocycles. The van der Waals surface area contributed by atoms with Crippen molar-refractivity contribution in [3.63, 3.8) is 0 Å². The lowest BCUT2D eigenvalue weighted by Crippen LogP contribution is -2.54. The van der Waals surface area contributed by atoms with Crippen molar-refractivity contribution in [1.29, 1.82) is 0 Å². The van der Waals surface area contributed by atoms with Gasteiger partial charge in [0.25, 0.3) is 11.8 Å². The number of carbonyl (C=O) groups excluding carboxylic acids is 3. The van der Waals surface area contributed by atoms with E-state index < -0.39 is 17.8 Å². The lowest BCUT2D eigenvalue weighted by atomic mass is 10.1. The Hall–Kier alpha value is -3.58. The second kappa shape index (κ2) is 9.28. The molecule has 7 nitrogen and oxygen atoms in total. The molecule has 0 saturated carbocycles. The molecule has 30 heavy (non-hydrogen) atoms. The Bertz CT molecular complexity index is 1030. The van der Waals surface area contributed by atoms with Crippen molar-refractivity contribution in [2.24, 2.45) is 0 Å². The predicted molar refractivity (Wildman–Crippen MR) is 112 cm³/mol. The molecule has 0 bridgehead atoms. The fraction of sp³-hybridized carbons (Fsp3) is 0.136. The largest absolute Gasteiger partial charge is 0.493 e. The summed E-state index contributed by atoms with van der Waals surface area (Å²) in [5, 5.41) is 2.79. The van der Waals surface area contributed by atoms with Gasteiger partial charge < -0.3 is 9.47 Å². The number of barbiturate groups is 1. The summed E-state index contributed by atoms with van der Waals surface area (Å²) < 4.78 is 11.2. The zero-order valence-corrected chi connectivity index (χ0v) is 16.9. The van der Waals surface area contributed by atoms with E-state index in [4.69, 9.17) is 21.1 Å². The lowest BCUT2D eigenvalue weighted by Gasteiger charge is -2.25. The van der Waals surface area contributed by atoms with Gasteiger partial charge in [0.1, 0.15) is 12.2 Å². The molecule has 3 rings (SSSR count). The van der Waals surface area contributed by atoms with Gasteiger partial charge in [0.05, 0.1) is 7.11 Å². The maximum atomic E-state index is 12.5. The highest BCUT2D eigenvalue weighted by atomic mass is 35.5. The first-order valence-electron chi connectivity index (χ1n) is 8.98. The third kappa shape index (κ3) is 4.69. The second-order valence-corrected chi connectivity index (χ2v) is 6.78. The standard InChI is InChI=1S/C22H19ClN2O5/c1-3-10-25-21(27)17(20(26)24-22(25)28)11-15-6-9-18(19(12-15)29-2)30-13-14-4-7-16(23)8-5-14/h3-9,11-12H,1,10,13H2,2H3,(H,24,26,28). The third-order valence-corrected chi connectivity index (χ3v) is 4.56.